The third-order valence-electron chi connectivity index (χ3n) is 2.05. The molecule has 0 spiro atoms. The van der Waals surface area contributed by atoms with E-state index in [4.69, 9.17) is 9.66 Å². The number of hydrogen-bond acceptors (Lipinski definition) is 5. The molecule has 0 radical (unpaired) electrons. The van der Waals surface area contributed by atoms with E-state index >= 15 is 0 Å². The Morgan fingerprint density at radius 3 is 2.27 bits per heavy atom. The number of rotatable bonds is 2. The Balaban J connectivity index is 0.000000288. The summed E-state index contributed by atoms with van der Waals surface area (Å²) in [6, 6.07) is 0. The SMILES string of the molecule is CCN1CCNC(O)C1.CCS(=O)(=O)O. The van der Waals surface area contributed by atoms with Gasteiger partial charge < -0.3 is 5.11 Å². The molecule has 0 saturated carbocycles. The zero-order chi connectivity index (χ0) is 11.9. The summed E-state index contributed by atoms with van der Waals surface area (Å²) in [6.07, 6.45) is -0.307. The second-order valence-corrected chi connectivity index (χ2v) is 4.97. The lowest BCUT2D eigenvalue weighted by Crippen LogP contribution is -2.50. The highest BCUT2D eigenvalue weighted by Crippen LogP contribution is 1.94. The molecular formula is C8H20N2O4S. The van der Waals surface area contributed by atoms with Gasteiger partial charge in [0.2, 0.25) is 0 Å². The Labute approximate surface area is 91.0 Å². The van der Waals surface area contributed by atoms with Crippen LogP contribution in [0.15, 0.2) is 0 Å². The molecule has 1 unspecified atom stereocenters. The van der Waals surface area contributed by atoms with E-state index in [0.29, 0.717) is 0 Å². The Morgan fingerprint density at radius 2 is 2.00 bits per heavy atom. The van der Waals surface area contributed by atoms with Crippen molar-refractivity contribution in [2.45, 2.75) is 20.1 Å². The zero-order valence-electron chi connectivity index (χ0n) is 9.18. The van der Waals surface area contributed by atoms with Crippen LogP contribution in [0.2, 0.25) is 0 Å². The van der Waals surface area contributed by atoms with Crippen LogP contribution in [-0.4, -0.2) is 61.1 Å². The van der Waals surface area contributed by atoms with Crippen LogP contribution in [0.1, 0.15) is 13.8 Å². The van der Waals surface area contributed by atoms with Crippen molar-refractivity contribution < 1.29 is 18.1 Å². The van der Waals surface area contributed by atoms with E-state index in [0.717, 1.165) is 26.2 Å². The molecule has 1 fully saturated rings. The van der Waals surface area contributed by atoms with Gasteiger partial charge in [0, 0.05) is 19.6 Å². The fourth-order valence-corrected chi connectivity index (χ4v) is 1.08. The van der Waals surface area contributed by atoms with Gasteiger partial charge in [0.05, 0.1) is 5.75 Å². The predicted octanol–water partition coefficient (Wildman–Crippen LogP) is -0.876. The molecule has 0 aliphatic carbocycles. The van der Waals surface area contributed by atoms with Gasteiger partial charge in [-0.3, -0.25) is 14.8 Å². The molecule has 1 aliphatic rings. The third kappa shape index (κ3) is 8.76. The molecule has 1 atom stereocenters. The van der Waals surface area contributed by atoms with Crippen molar-refractivity contribution in [1.82, 2.24) is 10.2 Å². The molecule has 0 bridgehead atoms. The maximum absolute atomic E-state index is 9.56. The number of nitrogens with zero attached hydrogens (tertiary/aromatic N) is 1. The lowest BCUT2D eigenvalue weighted by molar-refractivity contribution is 0.0572. The largest absolute Gasteiger partial charge is 0.377 e. The maximum atomic E-state index is 9.56. The van der Waals surface area contributed by atoms with Crippen molar-refractivity contribution in [3.8, 4) is 0 Å². The van der Waals surface area contributed by atoms with Crippen LogP contribution >= 0.6 is 0 Å². The summed E-state index contributed by atoms with van der Waals surface area (Å²) in [4.78, 5) is 2.22. The van der Waals surface area contributed by atoms with E-state index in [1.54, 1.807) is 0 Å². The molecule has 0 aromatic carbocycles. The predicted molar refractivity (Wildman–Crippen MR) is 58.2 cm³/mol. The monoisotopic (exact) mass is 240 g/mol. The molecule has 15 heavy (non-hydrogen) atoms. The number of β-amino-alcohol motifs (C(OH)–C–C–N with tert-alkyl or cyclic N) is 1. The second kappa shape index (κ2) is 7.13. The summed E-state index contributed by atoms with van der Waals surface area (Å²) in [5, 5.41) is 12.0. The molecule has 3 N–H and O–H groups in total. The molecule has 92 valence electrons. The van der Waals surface area contributed by atoms with Crippen LogP contribution < -0.4 is 5.32 Å². The van der Waals surface area contributed by atoms with E-state index in [9.17, 15) is 8.42 Å². The van der Waals surface area contributed by atoms with Crippen molar-refractivity contribution in [1.29, 1.82) is 0 Å². The van der Waals surface area contributed by atoms with Gasteiger partial charge in [0.25, 0.3) is 10.1 Å². The highest BCUT2D eigenvalue weighted by Gasteiger charge is 2.13. The minimum atomic E-state index is -3.66. The number of hydrogen-bond donors (Lipinski definition) is 3. The summed E-state index contributed by atoms with van der Waals surface area (Å²) in [6.45, 7) is 7.27. The minimum absolute atomic E-state index is 0.201. The number of aliphatic hydroxyl groups excluding tert-OH is 1. The van der Waals surface area contributed by atoms with E-state index in [2.05, 4.69) is 17.1 Å². The average molecular weight is 240 g/mol. The van der Waals surface area contributed by atoms with Gasteiger partial charge in [0.1, 0.15) is 6.23 Å². The normalized spacial score (nSPS) is 23.1. The summed E-state index contributed by atoms with van der Waals surface area (Å²) in [7, 11) is -3.66. The van der Waals surface area contributed by atoms with Crippen LogP contribution in [0.3, 0.4) is 0 Å². The number of piperazine rings is 1. The lowest BCUT2D eigenvalue weighted by atomic mass is 10.3. The first-order valence-corrected chi connectivity index (χ1v) is 6.59. The summed E-state index contributed by atoms with van der Waals surface area (Å²) in [5.41, 5.74) is 0. The van der Waals surface area contributed by atoms with E-state index in [1.165, 1.54) is 6.92 Å². The van der Waals surface area contributed by atoms with Gasteiger partial charge in [-0.25, -0.2) is 0 Å². The van der Waals surface area contributed by atoms with Crippen LogP contribution in [0.5, 0.6) is 0 Å². The van der Waals surface area contributed by atoms with Crippen molar-refractivity contribution in [2.75, 3.05) is 31.9 Å². The van der Waals surface area contributed by atoms with Crippen molar-refractivity contribution in [3.63, 3.8) is 0 Å². The average Bonchev–Trinajstić information content (AvgIpc) is 2.18. The van der Waals surface area contributed by atoms with Crippen molar-refractivity contribution in [2.24, 2.45) is 0 Å². The molecule has 0 aromatic rings. The van der Waals surface area contributed by atoms with Crippen LogP contribution in [0.25, 0.3) is 0 Å². The first-order valence-electron chi connectivity index (χ1n) is 4.98. The fourth-order valence-electron chi connectivity index (χ4n) is 1.08. The topological polar surface area (TPSA) is 89.9 Å². The molecule has 1 saturated heterocycles. The Kier molecular flexibility index (Phi) is 7.03. The molecule has 1 rings (SSSR count). The minimum Gasteiger partial charge on any atom is -0.377 e. The third-order valence-corrected chi connectivity index (χ3v) is 2.78. The smallest absolute Gasteiger partial charge is 0.264 e. The molecule has 1 heterocycles. The maximum Gasteiger partial charge on any atom is 0.264 e. The van der Waals surface area contributed by atoms with Gasteiger partial charge in [-0.15, -0.1) is 0 Å². The molecule has 1 aliphatic heterocycles. The van der Waals surface area contributed by atoms with E-state index in [1.807, 2.05) is 0 Å². The number of likely N-dealkylation sites (N-methyl/N-ethyl adjacent to an activating group) is 1. The zero-order valence-corrected chi connectivity index (χ0v) is 10.00. The fraction of sp³-hybridized carbons (Fsp3) is 1.00. The van der Waals surface area contributed by atoms with Gasteiger partial charge in [0.15, 0.2) is 0 Å². The molecular weight excluding hydrogens is 220 g/mol. The summed E-state index contributed by atoms with van der Waals surface area (Å²) in [5.74, 6) is -0.201. The first kappa shape index (κ1) is 14.8. The van der Waals surface area contributed by atoms with Crippen LogP contribution in [0.4, 0.5) is 0 Å². The van der Waals surface area contributed by atoms with Crippen molar-refractivity contribution >= 4 is 10.1 Å². The van der Waals surface area contributed by atoms with Gasteiger partial charge in [-0.1, -0.05) is 6.92 Å². The highest BCUT2D eigenvalue weighted by atomic mass is 32.2. The van der Waals surface area contributed by atoms with Crippen LogP contribution in [-0.2, 0) is 10.1 Å². The first-order chi connectivity index (χ1) is 6.89. The standard InChI is InChI=1S/C6H14N2O.C2H6O3S/c1-2-8-4-3-7-6(9)5-8;1-2-6(3,4)5/h6-7,9H,2-5H2,1H3;2H2,1H3,(H,3,4,5). The van der Waals surface area contributed by atoms with Crippen molar-refractivity contribution in [3.05, 3.63) is 0 Å². The molecule has 0 aromatic heterocycles. The van der Waals surface area contributed by atoms with Gasteiger partial charge >= 0.3 is 0 Å². The number of aliphatic hydroxyl groups is 1. The molecule has 6 nitrogen and oxygen atoms in total. The van der Waals surface area contributed by atoms with Gasteiger partial charge in [-0.05, 0) is 13.5 Å². The molecule has 0 amide bonds. The van der Waals surface area contributed by atoms with E-state index < -0.39 is 10.1 Å². The summed E-state index contributed by atoms with van der Waals surface area (Å²) >= 11 is 0. The molecule has 7 heteroatoms. The van der Waals surface area contributed by atoms with Gasteiger partial charge in [-0.2, -0.15) is 8.42 Å². The summed E-state index contributed by atoms with van der Waals surface area (Å²) < 4.78 is 26.9. The quantitative estimate of drug-likeness (QED) is 0.543. The number of nitrogens with one attached hydrogen (secondary N) is 1. The Bertz CT molecular complexity index is 255. The second-order valence-electron chi connectivity index (χ2n) is 3.23. The van der Waals surface area contributed by atoms with Crippen LogP contribution in [0, 0.1) is 0 Å². The van der Waals surface area contributed by atoms with E-state index in [-0.39, 0.29) is 12.0 Å². The Morgan fingerprint density at radius 1 is 1.47 bits per heavy atom. The highest BCUT2D eigenvalue weighted by molar-refractivity contribution is 7.85. The lowest BCUT2D eigenvalue weighted by Gasteiger charge is -2.29. The Hall–Kier alpha value is -0.210.